The zero-order valence-corrected chi connectivity index (χ0v) is 24.6. The number of carbonyl (C=O) groups excluding carboxylic acids is 2. The minimum Gasteiger partial charge on any atom is -0.446 e. The zero-order chi connectivity index (χ0) is 29.2. The lowest BCUT2D eigenvalue weighted by atomic mass is 9.89. The van der Waals surface area contributed by atoms with Gasteiger partial charge in [0, 0.05) is 64.2 Å². The van der Waals surface area contributed by atoms with Crippen LogP contribution in [0.25, 0.3) is 11.6 Å². The molecular weight excluding hydrogens is 556 g/mol. The molecule has 0 radical (unpaired) electrons. The number of nitrogens with zero attached hydrogens (tertiary/aromatic N) is 5. The Labute approximate surface area is 250 Å². The van der Waals surface area contributed by atoms with Gasteiger partial charge in [-0.3, -0.25) is 14.7 Å². The highest BCUT2D eigenvalue weighted by Crippen LogP contribution is 2.44. The molecule has 3 aliphatic rings. The highest BCUT2D eigenvalue weighted by molar-refractivity contribution is 6.30. The average Bonchev–Trinajstić information content (AvgIpc) is 3.36. The first-order valence-electron chi connectivity index (χ1n) is 14.4. The number of aromatic nitrogens is 3. The number of aryl methyl sites for hydroxylation is 1. The molecule has 1 aromatic carbocycles. The van der Waals surface area contributed by atoms with Crippen molar-refractivity contribution in [2.24, 2.45) is 7.05 Å². The Morgan fingerprint density at radius 3 is 2.64 bits per heavy atom. The van der Waals surface area contributed by atoms with E-state index >= 15 is 0 Å². The van der Waals surface area contributed by atoms with E-state index in [-0.39, 0.29) is 24.1 Å². The number of rotatable bonds is 5. The molecule has 3 aromatic rings. The van der Waals surface area contributed by atoms with Gasteiger partial charge in [0.1, 0.15) is 6.10 Å². The van der Waals surface area contributed by atoms with E-state index in [9.17, 15) is 9.59 Å². The summed E-state index contributed by atoms with van der Waals surface area (Å²) in [5.41, 5.74) is 5.61. The molecule has 2 fully saturated rings. The van der Waals surface area contributed by atoms with E-state index in [0.717, 1.165) is 46.5 Å². The van der Waals surface area contributed by atoms with E-state index in [1.54, 1.807) is 17.4 Å². The lowest BCUT2D eigenvalue weighted by molar-refractivity contribution is -0.119. The van der Waals surface area contributed by atoms with Gasteiger partial charge in [0.05, 0.1) is 49.2 Å². The van der Waals surface area contributed by atoms with E-state index in [2.05, 4.69) is 33.4 Å². The molecule has 42 heavy (non-hydrogen) atoms. The van der Waals surface area contributed by atoms with Gasteiger partial charge < -0.3 is 24.3 Å². The van der Waals surface area contributed by atoms with Crippen LogP contribution in [0.5, 0.6) is 0 Å². The summed E-state index contributed by atoms with van der Waals surface area (Å²) in [6.07, 6.45) is 8.56. The largest absolute Gasteiger partial charge is 0.446 e. The Balaban J connectivity index is 1.35. The molecule has 2 aliphatic heterocycles. The third-order valence-corrected chi connectivity index (χ3v) is 8.48. The van der Waals surface area contributed by atoms with Crippen LogP contribution >= 0.6 is 11.6 Å². The van der Waals surface area contributed by atoms with Crippen LogP contribution in [-0.4, -0.2) is 81.8 Å². The fraction of sp³-hybridized carbons (Fsp3) is 0.419. The molecule has 0 bridgehead atoms. The Hall–Kier alpha value is -3.73. The molecule has 220 valence electrons. The van der Waals surface area contributed by atoms with Crippen molar-refractivity contribution in [3.63, 3.8) is 0 Å². The third-order valence-electron chi connectivity index (χ3n) is 8.24. The average molecular weight is 591 g/mol. The Morgan fingerprint density at radius 1 is 1.14 bits per heavy atom. The van der Waals surface area contributed by atoms with Crippen molar-refractivity contribution in [1.29, 1.82) is 0 Å². The first-order valence-corrected chi connectivity index (χ1v) is 14.7. The van der Waals surface area contributed by atoms with Crippen LogP contribution in [0, 0.1) is 0 Å². The van der Waals surface area contributed by atoms with Crippen LogP contribution in [0.1, 0.15) is 59.9 Å². The molecule has 1 aliphatic carbocycles. The number of ether oxygens (including phenoxy) is 2. The van der Waals surface area contributed by atoms with E-state index < -0.39 is 6.04 Å². The molecule has 0 spiro atoms. The molecule has 0 saturated carbocycles. The molecule has 1 unspecified atom stereocenters. The Morgan fingerprint density at radius 2 is 1.93 bits per heavy atom. The lowest BCUT2D eigenvalue weighted by Gasteiger charge is -2.40. The fourth-order valence-electron chi connectivity index (χ4n) is 6.13. The summed E-state index contributed by atoms with van der Waals surface area (Å²) in [6.45, 7) is 5.17. The molecule has 2 atom stereocenters. The molecule has 1 N–H and O–H groups in total. The Bertz CT molecular complexity index is 1490. The number of benzene rings is 1. The second-order valence-corrected chi connectivity index (χ2v) is 11.4. The maximum atomic E-state index is 13.0. The second kappa shape index (κ2) is 12.2. The predicted molar refractivity (Wildman–Crippen MR) is 159 cm³/mol. The van der Waals surface area contributed by atoms with Crippen molar-refractivity contribution in [3.8, 4) is 0 Å². The standard InChI is InChI=1S/C31H35ClN6O4/c1-20(39)35-29(27-18-33-19-36(27)2)26-16-21-4-3-9-34-28(21)30(24-6-5-22(32)17-25(24)26)37-10-12-38(13-11-37)31(40)42-23-7-14-41-15-8-23/h3-6,9,16-19,23,29-30H,7-8,10-15H2,1-2H3,(H,35,39)/t29?,30-/m0/s1. The van der Waals surface area contributed by atoms with Crippen LogP contribution in [0.15, 0.2) is 49.1 Å². The van der Waals surface area contributed by atoms with Gasteiger partial charge in [-0.1, -0.05) is 23.7 Å². The van der Waals surface area contributed by atoms with E-state index in [1.165, 1.54) is 6.92 Å². The van der Waals surface area contributed by atoms with E-state index in [0.29, 0.717) is 44.4 Å². The first-order chi connectivity index (χ1) is 20.4. The summed E-state index contributed by atoms with van der Waals surface area (Å²) in [6, 6.07) is 9.26. The highest BCUT2D eigenvalue weighted by Gasteiger charge is 2.36. The van der Waals surface area contributed by atoms with Gasteiger partial charge >= 0.3 is 6.09 Å². The molecule has 6 rings (SSSR count). The predicted octanol–water partition coefficient (Wildman–Crippen LogP) is 4.22. The summed E-state index contributed by atoms with van der Waals surface area (Å²) in [5.74, 6) is -0.151. The van der Waals surface area contributed by atoms with Gasteiger partial charge in [-0.15, -0.1) is 0 Å². The minimum absolute atomic E-state index is 0.0840. The number of amides is 2. The maximum Gasteiger partial charge on any atom is 0.410 e. The SMILES string of the molecule is CC(=O)NC(C1=Cc2cccnc2[C@@H](N2CCN(C(=O)OC3CCOCC3)CC2)c2ccc(Cl)cc21)c1cncn1C. The number of carbonyl (C=O) groups is 2. The van der Waals surface area contributed by atoms with Crippen molar-refractivity contribution in [2.45, 2.75) is 38.0 Å². The van der Waals surface area contributed by atoms with Crippen molar-refractivity contribution in [3.05, 3.63) is 82.2 Å². The van der Waals surface area contributed by atoms with Crippen molar-refractivity contribution >= 4 is 35.3 Å². The quantitative estimate of drug-likeness (QED) is 0.475. The zero-order valence-electron chi connectivity index (χ0n) is 23.8. The van der Waals surface area contributed by atoms with Crippen molar-refractivity contribution in [2.75, 3.05) is 39.4 Å². The van der Waals surface area contributed by atoms with Gasteiger partial charge in [0.2, 0.25) is 5.91 Å². The van der Waals surface area contributed by atoms with Gasteiger partial charge in [-0.05, 0) is 46.5 Å². The number of hydrogen-bond donors (Lipinski definition) is 1. The number of piperazine rings is 1. The van der Waals surface area contributed by atoms with Crippen molar-refractivity contribution < 1.29 is 19.1 Å². The summed E-state index contributed by atoms with van der Waals surface area (Å²) >= 11 is 6.61. The van der Waals surface area contributed by atoms with Crippen LogP contribution in [0.3, 0.4) is 0 Å². The van der Waals surface area contributed by atoms with Crippen molar-refractivity contribution in [1.82, 2.24) is 29.7 Å². The van der Waals surface area contributed by atoms with Gasteiger partial charge in [0.15, 0.2) is 0 Å². The van der Waals surface area contributed by atoms with Crippen LogP contribution < -0.4 is 5.32 Å². The van der Waals surface area contributed by atoms with Gasteiger partial charge in [-0.25, -0.2) is 9.78 Å². The topological polar surface area (TPSA) is 102 Å². The summed E-state index contributed by atoms with van der Waals surface area (Å²) in [7, 11) is 1.91. The highest BCUT2D eigenvalue weighted by atomic mass is 35.5. The molecular formula is C31H35ClN6O4. The number of imidazole rings is 1. The van der Waals surface area contributed by atoms with E-state index in [4.69, 9.17) is 26.1 Å². The summed E-state index contributed by atoms with van der Waals surface area (Å²) in [4.78, 5) is 38.8. The molecule has 11 heteroatoms. The molecule has 2 aromatic heterocycles. The van der Waals surface area contributed by atoms with Crippen LogP contribution in [0.2, 0.25) is 5.02 Å². The number of hydrogen-bond acceptors (Lipinski definition) is 7. The number of halogens is 1. The van der Waals surface area contributed by atoms with Gasteiger partial charge in [-0.2, -0.15) is 0 Å². The smallest absolute Gasteiger partial charge is 0.410 e. The monoisotopic (exact) mass is 590 g/mol. The number of pyridine rings is 1. The molecule has 4 heterocycles. The van der Waals surface area contributed by atoms with Crippen LogP contribution in [-0.2, 0) is 21.3 Å². The summed E-state index contributed by atoms with van der Waals surface area (Å²) in [5, 5.41) is 3.75. The number of nitrogens with one attached hydrogen (secondary N) is 1. The van der Waals surface area contributed by atoms with Gasteiger partial charge in [0.25, 0.3) is 0 Å². The fourth-order valence-corrected chi connectivity index (χ4v) is 6.30. The number of fused-ring (bicyclic) bond motifs is 2. The van der Waals surface area contributed by atoms with Crippen LogP contribution in [0.4, 0.5) is 4.79 Å². The normalized spacial score (nSPS) is 20.1. The maximum absolute atomic E-state index is 13.0. The molecule has 10 nitrogen and oxygen atoms in total. The lowest BCUT2D eigenvalue weighted by Crippen LogP contribution is -2.51. The summed E-state index contributed by atoms with van der Waals surface area (Å²) < 4.78 is 13.1. The molecule has 2 saturated heterocycles. The third kappa shape index (κ3) is 5.79. The second-order valence-electron chi connectivity index (χ2n) is 11.0. The minimum atomic E-state index is -0.462. The molecule has 2 amide bonds. The first kappa shape index (κ1) is 28.4. The Kier molecular flexibility index (Phi) is 8.28. The van der Waals surface area contributed by atoms with E-state index in [1.807, 2.05) is 36.0 Å².